The van der Waals surface area contributed by atoms with Gasteiger partial charge in [-0.05, 0) is 46.6 Å². The maximum Gasteiger partial charge on any atom is 0.241 e. The Labute approximate surface area is 148 Å². The number of carbonyl (C=O) groups is 1. The van der Waals surface area contributed by atoms with Crippen molar-refractivity contribution in [2.75, 3.05) is 17.1 Å². The predicted octanol–water partition coefficient (Wildman–Crippen LogP) is 2.90. The van der Waals surface area contributed by atoms with Gasteiger partial charge in [-0.3, -0.25) is 9.10 Å². The van der Waals surface area contributed by atoms with Crippen molar-refractivity contribution in [1.29, 1.82) is 0 Å². The van der Waals surface area contributed by atoms with Crippen LogP contribution in [0, 0.1) is 6.92 Å². The standard InChI is InChI=1S/C15H17BrN2O3S2/c1-11-5-3-4-6-13(11)18(23(2,20)21)10-15(19)17-9-12-7-8-14(16)22-12/h3-8H,9-10H2,1-2H3,(H,17,19). The van der Waals surface area contributed by atoms with Crippen LogP contribution in [-0.4, -0.2) is 27.1 Å². The van der Waals surface area contributed by atoms with Crippen molar-refractivity contribution in [3.8, 4) is 0 Å². The molecule has 23 heavy (non-hydrogen) atoms. The van der Waals surface area contributed by atoms with Crippen molar-refractivity contribution in [3.05, 3.63) is 50.6 Å². The number of rotatable bonds is 6. The van der Waals surface area contributed by atoms with Gasteiger partial charge in [-0.1, -0.05) is 18.2 Å². The molecule has 8 heteroatoms. The fourth-order valence-electron chi connectivity index (χ4n) is 2.04. The van der Waals surface area contributed by atoms with E-state index < -0.39 is 10.0 Å². The first kappa shape index (κ1) is 18.0. The van der Waals surface area contributed by atoms with Gasteiger partial charge in [0.05, 0.1) is 22.3 Å². The number of benzene rings is 1. The van der Waals surface area contributed by atoms with Crippen molar-refractivity contribution in [1.82, 2.24) is 5.32 Å². The average Bonchev–Trinajstić information content (AvgIpc) is 2.88. The fraction of sp³-hybridized carbons (Fsp3) is 0.267. The molecule has 2 aromatic rings. The van der Waals surface area contributed by atoms with E-state index >= 15 is 0 Å². The molecule has 2 rings (SSSR count). The van der Waals surface area contributed by atoms with E-state index in [2.05, 4.69) is 21.2 Å². The van der Waals surface area contributed by atoms with Gasteiger partial charge >= 0.3 is 0 Å². The first-order chi connectivity index (χ1) is 10.8. The van der Waals surface area contributed by atoms with Crippen molar-refractivity contribution in [2.45, 2.75) is 13.5 Å². The summed E-state index contributed by atoms with van der Waals surface area (Å²) in [5.41, 5.74) is 1.32. The third-order valence-corrected chi connectivity index (χ3v) is 5.91. The molecule has 0 unspecified atom stereocenters. The van der Waals surface area contributed by atoms with Crippen molar-refractivity contribution >= 4 is 48.9 Å². The van der Waals surface area contributed by atoms with E-state index in [1.54, 1.807) is 12.1 Å². The second-order valence-corrected chi connectivity index (χ2v) is 9.49. The monoisotopic (exact) mass is 416 g/mol. The first-order valence-electron chi connectivity index (χ1n) is 6.81. The Morgan fingerprint density at radius 3 is 2.52 bits per heavy atom. The van der Waals surface area contributed by atoms with Crippen molar-refractivity contribution in [3.63, 3.8) is 0 Å². The second kappa shape index (κ2) is 7.46. The molecule has 0 saturated heterocycles. The SMILES string of the molecule is Cc1ccccc1N(CC(=O)NCc1ccc(Br)s1)S(C)(=O)=O. The molecule has 0 radical (unpaired) electrons. The summed E-state index contributed by atoms with van der Waals surface area (Å²) < 4.78 is 26.2. The minimum absolute atomic E-state index is 0.240. The number of aryl methyl sites for hydroxylation is 1. The number of thiophene rings is 1. The molecule has 124 valence electrons. The van der Waals surface area contributed by atoms with Gasteiger partial charge in [0.15, 0.2) is 0 Å². The van der Waals surface area contributed by atoms with E-state index in [-0.39, 0.29) is 12.5 Å². The van der Waals surface area contributed by atoms with Gasteiger partial charge in [-0.25, -0.2) is 8.42 Å². The molecule has 0 fully saturated rings. The van der Waals surface area contributed by atoms with Crippen LogP contribution in [-0.2, 0) is 21.4 Å². The highest BCUT2D eigenvalue weighted by Gasteiger charge is 2.22. The van der Waals surface area contributed by atoms with E-state index in [1.165, 1.54) is 11.3 Å². The Morgan fingerprint density at radius 2 is 1.96 bits per heavy atom. The number of carbonyl (C=O) groups excluding carboxylic acids is 1. The second-order valence-electron chi connectivity index (χ2n) is 5.04. The van der Waals surface area contributed by atoms with Crippen LogP contribution in [0.2, 0.25) is 0 Å². The van der Waals surface area contributed by atoms with Crippen LogP contribution in [0.3, 0.4) is 0 Å². The topological polar surface area (TPSA) is 66.5 Å². The van der Waals surface area contributed by atoms with Gasteiger partial charge in [0.2, 0.25) is 15.9 Å². The predicted molar refractivity (Wildman–Crippen MR) is 97.2 cm³/mol. The van der Waals surface area contributed by atoms with Gasteiger partial charge in [0.1, 0.15) is 6.54 Å². The normalized spacial score (nSPS) is 11.3. The van der Waals surface area contributed by atoms with Crippen molar-refractivity contribution < 1.29 is 13.2 Å². The molecule has 1 heterocycles. The lowest BCUT2D eigenvalue weighted by Crippen LogP contribution is -2.40. The Balaban J connectivity index is 2.09. The summed E-state index contributed by atoms with van der Waals surface area (Å²) in [5, 5.41) is 2.75. The molecule has 0 aliphatic carbocycles. The Bertz CT molecular complexity index is 803. The van der Waals surface area contributed by atoms with Crippen LogP contribution in [0.15, 0.2) is 40.2 Å². The fourth-order valence-corrected chi connectivity index (χ4v) is 4.38. The molecule has 1 aromatic carbocycles. The van der Waals surface area contributed by atoms with Gasteiger partial charge in [0.25, 0.3) is 0 Å². The molecule has 0 aliphatic heterocycles. The zero-order valence-corrected chi connectivity index (χ0v) is 16.0. The van der Waals surface area contributed by atoms with Crippen molar-refractivity contribution in [2.24, 2.45) is 0 Å². The number of sulfonamides is 1. The highest BCUT2D eigenvalue weighted by molar-refractivity contribution is 9.11. The highest BCUT2D eigenvalue weighted by Crippen LogP contribution is 2.23. The Hall–Kier alpha value is -1.38. The summed E-state index contributed by atoms with van der Waals surface area (Å²) >= 11 is 4.89. The average molecular weight is 417 g/mol. The van der Waals surface area contributed by atoms with E-state index in [0.29, 0.717) is 12.2 Å². The molecule has 0 saturated carbocycles. The summed E-state index contributed by atoms with van der Waals surface area (Å²) in [6.07, 6.45) is 1.10. The quantitative estimate of drug-likeness (QED) is 0.786. The lowest BCUT2D eigenvalue weighted by atomic mass is 10.2. The van der Waals surface area contributed by atoms with Crippen LogP contribution in [0.1, 0.15) is 10.4 Å². The van der Waals surface area contributed by atoms with Gasteiger partial charge in [0, 0.05) is 4.88 Å². The number of amides is 1. The molecule has 1 N–H and O–H groups in total. The Kier molecular flexibility index (Phi) is 5.83. The number of nitrogens with one attached hydrogen (secondary N) is 1. The van der Waals surface area contributed by atoms with Crippen LogP contribution < -0.4 is 9.62 Å². The lowest BCUT2D eigenvalue weighted by molar-refractivity contribution is -0.119. The van der Waals surface area contributed by atoms with E-state index in [9.17, 15) is 13.2 Å². The number of halogens is 1. The molecule has 0 spiro atoms. The smallest absolute Gasteiger partial charge is 0.241 e. The van der Waals surface area contributed by atoms with E-state index in [4.69, 9.17) is 0 Å². The molecular weight excluding hydrogens is 400 g/mol. The van der Waals surface area contributed by atoms with Gasteiger partial charge in [-0.2, -0.15) is 0 Å². The summed E-state index contributed by atoms with van der Waals surface area (Å²) in [5.74, 6) is -0.344. The molecule has 0 bridgehead atoms. The minimum atomic E-state index is -3.55. The number of anilines is 1. The zero-order valence-electron chi connectivity index (χ0n) is 12.7. The van der Waals surface area contributed by atoms with E-state index in [0.717, 1.165) is 24.8 Å². The maximum atomic E-state index is 12.1. The maximum absolute atomic E-state index is 12.1. The van der Waals surface area contributed by atoms with Crippen LogP contribution in [0.4, 0.5) is 5.69 Å². The Morgan fingerprint density at radius 1 is 1.26 bits per heavy atom. The summed E-state index contributed by atoms with van der Waals surface area (Å²) in [6.45, 7) is 1.95. The van der Waals surface area contributed by atoms with Crippen LogP contribution in [0.25, 0.3) is 0 Å². The number of hydrogen-bond acceptors (Lipinski definition) is 4. The highest BCUT2D eigenvalue weighted by atomic mass is 79.9. The number of nitrogens with zero attached hydrogens (tertiary/aromatic N) is 1. The molecule has 1 amide bonds. The van der Waals surface area contributed by atoms with Gasteiger partial charge < -0.3 is 5.32 Å². The van der Waals surface area contributed by atoms with Crippen LogP contribution >= 0.6 is 27.3 Å². The summed E-state index contributed by atoms with van der Waals surface area (Å²) in [4.78, 5) is 13.1. The number of para-hydroxylation sites is 1. The summed E-state index contributed by atoms with van der Waals surface area (Å²) in [7, 11) is -3.55. The lowest BCUT2D eigenvalue weighted by Gasteiger charge is -2.23. The molecule has 1 aromatic heterocycles. The van der Waals surface area contributed by atoms with Gasteiger partial charge in [-0.15, -0.1) is 11.3 Å². The largest absolute Gasteiger partial charge is 0.350 e. The third-order valence-electron chi connectivity index (χ3n) is 3.16. The molecule has 0 aliphatic rings. The first-order valence-corrected chi connectivity index (χ1v) is 10.3. The minimum Gasteiger partial charge on any atom is -0.350 e. The number of hydrogen-bond donors (Lipinski definition) is 1. The molecular formula is C15H17BrN2O3S2. The van der Waals surface area contributed by atoms with E-state index in [1.807, 2.05) is 31.2 Å². The molecule has 5 nitrogen and oxygen atoms in total. The zero-order chi connectivity index (χ0) is 17.0. The van der Waals surface area contributed by atoms with Crippen LogP contribution in [0.5, 0.6) is 0 Å². The third kappa shape index (κ3) is 5.05. The summed E-state index contributed by atoms with van der Waals surface area (Å²) in [6, 6.07) is 10.9. The molecule has 0 atom stereocenters.